The molecule has 3 nitrogen and oxygen atoms in total. The van der Waals surface area contributed by atoms with Gasteiger partial charge < -0.3 is 5.32 Å². The fraction of sp³-hybridized carbons (Fsp3) is 0.188. The Morgan fingerprint density at radius 2 is 1.90 bits per heavy atom. The summed E-state index contributed by atoms with van der Waals surface area (Å²) < 4.78 is 0. The fourth-order valence-electron chi connectivity index (χ4n) is 2.06. The Morgan fingerprint density at radius 3 is 2.67 bits per heavy atom. The second-order valence-corrected chi connectivity index (χ2v) is 6.82. The molecule has 1 amide bonds. The van der Waals surface area contributed by atoms with Gasteiger partial charge in [0.05, 0.1) is 11.7 Å². The SMILES string of the molecule is O=C(Nc1ccccc1Sc1ccccc1)C1CSCN1. The normalized spacial score (nSPS) is 17.6. The fourth-order valence-corrected chi connectivity index (χ4v) is 3.92. The molecule has 5 heteroatoms. The number of benzene rings is 2. The maximum absolute atomic E-state index is 12.2. The van der Waals surface area contributed by atoms with Crippen LogP contribution >= 0.6 is 23.5 Å². The van der Waals surface area contributed by atoms with E-state index in [1.54, 1.807) is 23.5 Å². The molecule has 2 aromatic rings. The first-order valence-corrected chi connectivity index (χ1v) is 8.74. The molecule has 0 aromatic heterocycles. The van der Waals surface area contributed by atoms with Gasteiger partial charge in [0.15, 0.2) is 0 Å². The molecule has 108 valence electrons. The van der Waals surface area contributed by atoms with Gasteiger partial charge in [-0.2, -0.15) is 0 Å². The first-order chi connectivity index (χ1) is 10.3. The van der Waals surface area contributed by atoms with E-state index < -0.39 is 0 Å². The molecule has 1 saturated heterocycles. The van der Waals surface area contributed by atoms with Crippen LogP contribution in [0.25, 0.3) is 0 Å². The molecule has 0 radical (unpaired) electrons. The minimum atomic E-state index is -0.0928. The average Bonchev–Trinajstić information content (AvgIpc) is 3.05. The molecular weight excluding hydrogens is 300 g/mol. The van der Waals surface area contributed by atoms with Gasteiger partial charge in [-0.3, -0.25) is 10.1 Å². The Morgan fingerprint density at radius 1 is 1.14 bits per heavy atom. The van der Waals surface area contributed by atoms with Crippen molar-refractivity contribution in [1.82, 2.24) is 5.32 Å². The lowest BCUT2D eigenvalue weighted by Crippen LogP contribution is -2.37. The average molecular weight is 316 g/mol. The molecule has 0 spiro atoms. The van der Waals surface area contributed by atoms with E-state index in [0.717, 1.165) is 27.1 Å². The molecule has 1 unspecified atom stereocenters. The minimum absolute atomic E-state index is 0.0427. The lowest BCUT2D eigenvalue weighted by molar-refractivity contribution is -0.117. The van der Waals surface area contributed by atoms with E-state index in [0.29, 0.717) is 0 Å². The van der Waals surface area contributed by atoms with Gasteiger partial charge in [0.1, 0.15) is 0 Å². The summed E-state index contributed by atoms with van der Waals surface area (Å²) in [6.07, 6.45) is 0. The number of anilines is 1. The van der Waals surface area contributed by atoms with Crippen molar-refractivity contribution in [3.63, 3.8) is 0 Å². The van der Waals surface area contributed by atoms with Crippen molar-refractivity contribution in [3.8, 4) is 0 Å². The molecule has 2 N–H and O–H groups in total. The van der Waals surface area contributed by atoms with Crippen LogP contribution in [0.2, 0.25) is 0 Å². The Bertz CT molecular complexity index is 613. The van der Waals surface area contributed by atoms with Crippen LogP contribution in [0.3, 0.4) is 0 Å². The summed E-state index contributed by atoms with van der Waals surface area (Å²) in [5, 5.41) is 6.23. The molecule has 1 atom stereocenters. The van der Waals surface area contributed by atoms with Gasteiger partial charge >= 0.3 is 0 Å². The first-order valence-electron chi connectivity index (χ1n) is 6.77. The molecule has 3 rings (SSSR count). The molecule has 21 heavy (non-hydrogen) atoms. The van der Waals surface area contributed by atoms with Crippen molar-refractivity contribution < 1.29 is 4.79 Å². The largest absolute Gasteiger partial charge is 0.324 e. The minimum Gasteiger partial charge on any atom is -0.324 e. The van der Waals surface area contributed by atoms with Crippen LogP contribution in [0.1, 0.15) is 0 Å². The number of hydrogen-bond donors (Lipinski definition) is 2. The standard InChI is InChI=1S/C16H16N2OS2/c19-16(14-10-20-11-17-14)18-13-8-4-5-9-15(13)21-12-6-2-1-3-7-12/h1-9,14,17H,10-11H2,(H,18,19). The van der Waals surface area contributed by atoms with E-state index in [1.807, 2.05) is 42.5 Å². The molecule has 2 aromatic carbocycles. The number of nitrogens with one attached hydrogen (secondary N) is 2. The zero-order valence-corrected chi connectivity index (χ0v) is 13.0. The molecular formula is C16H16N2OS2. The van der Waals surface area contributed by atoms with Gasteiger partial charge in [-0.25, -0.2) is 0 Å². The van der Waals surface area contributed by atoms with E-state index >= 15 is 0 Å². The van der Waals surface area contributed by atoms with Gasteiger partial charge in [-0.05, 0) is 24.3 Å². The predicted molar refractivity (Wildman–Crippen MR) is 89.9 cm³/mol. The molecule has 1 fully saturated rings. The highest BCUT2D eigenvalue weighted by Crippen LogP contribution is 2.33. The number of hydrogen-bond acceptors (Lipinski definition) is 4. The summed E-state index contributed by atoms with van der Waals surface area (Å²) in [6, 6.07) is 18.0. The van der Waals surface area contributed by atoms with Crippen LogP contribution in [0, 0.1) is 0 Å². The van der Waals surface area contributed by atoms with Crippen molar-refractivity contribution >= 4 is 35.1 Å². The van der Waals surface area contributed by atoms with Gasteiger partial charge in [-0.1, -0.05) is 42.1 Å². The topological polar surface area (TPSA) is 41.1 Å². The Labute approximate surface area is 132 Å². The Balaban J connectivity index is 1.74. The van der Waals surface area contributed by atoms with E-state index in [4.69, 9.17) is 0 Å². The third-order valence-electron chi connectivity index (χ3n) is 3.15. The number of carbonyl (C=O) groups excluding carboxylic acids is 1. The van der Waals surface area contributed by atoms with Crippen molar-refractivity contribution in [2.75, 3.05) is 16.9 Å². The molecule has 0 bridgehead atoms. The van der Waals surface area contributed by atoms with Crippen LogP contribution in [0.15, 0.2) is 64.4 Å². The zero-order valence-electron chi connectivity index (χ0n) is 11.4. The van der Waals surface area contributed by atoms with Crippen LogP contribution in [0.4, 0.5) is 5.69 Å². The van der Waals surface area contributed by atoms with E-state index in [2.05, 4.69) is 22.8 Å². The Kier molecular flexibility index (Phi) is 4.85. The highest BCUT2D eigenvalue weighted by molar-refractivity contribution is 7.99. The summed E-state index contributed by atoms with van der Waals surface area (Å²) in [4.78, 5) is 14.4. The number of para-hydroxylation sites is 1. The predicted octanol–water partition coefficient (Wildman–Crippen LogP) is 3.44. The second kappa shape index (κ2) is 7.02. The summed E-state index contributed by atoms with van der Waals surface area (Å²) in [5.41, 5.74) is 0.870. The van der Waals surface area contributed by atoms with Crippen molar-refractivity contribution in [3.05, 3.63) is 54.6 Å². The van der Waals surface area contributed by atoms with Crippen LogP contribution in [0.5, 0.6) is 0 Å². The number of carbonyl (C=O) groups is 1. The van der Waals surface area contributed by atoms with Crippen molar-refractivity contribution in [2.45, 2.75) is 15.8 Å². The smallest absolute Gasteiger partial charge is 0.242 e. The van der Waals surface area contributed by atoms with E-state index in [9.17, 15) is 4.79 Å². The second-order valence-electron chi connectivity index (χ2n) is 4.67. The van der Waals surface area contributed by atoms with Crippen LogP contribution in [-0.4, -0.2) is 23.6 Å². The molecule has 0 aliphatic carbocycles. The summed E-state index contributed by atoms with van der Waals surface area (Å²) in [7, 11) is 0. The van der Waals surface area contributed by atoms with Crippen molar-refractivity contribution in [1.29, 1.82) is 0 Å². The third-order valence-corrected chi connectivity index (χ3v) is 5.17. The lowest BCUT2D eigenvalue weighted by Gasteiger charge is -2.13. The highest BCUT2D eigenvalue weighted by Gasteiger charge is 2.23. The lowest BCUT2D eigenvalue weighted by atomic mass is 10.2. The summed E-state index contributed by atoms with van der Waals surface area (Å²) in [6.45, 7) is 0. The Hall–Kier alpha value is -1.43. The van der Waals surface area contributed by atoms with Gasteiger partial charge in [0, 0.05) is 21.4 Å². The van der Waals surface area contributed by atoms with E-state index in [1.165, 1.54) is 0 Å². The summed E-state index contributed by atoms with van der Waals surface area (Å²) in [5.74, 6) is 1.72. The highest BCUT2D eigenvalue weighted by atomic mass is 32.2. The number of rotatable bonds is 4. The molecule has 0 saturated carbocycles. The van der Waals surface area contributed by atoms with Gasteiger partial charge in [-0.15, -0.1) is 11.8 Å². The molecule has 1 aliphatic heterocycles. The van der Waals surface area contributed by atoms with Gasteiger partial charge in [0.25, 0.3) is 0 Å². The quantitative estimate of drug-likeness (QED) is 0.906. The maximum atomic E-state index is 12.2. The third kappa shape index (κ3) is 3.81. The monoisotopic (exact) mass is 316 g/mol. The van der Waals surface area contributed by atoms with Gasteiger partial charge in [0.2, 0.25) is 5.91 Å². The van der Waals surface area contributed by atoms with E-state index in [-0.39, 0.29) is 11.9 Å². The zero-order chi connectivity index (χ0) is 14.5. The molecule has 1 heterocycles. The van der Waals surface area contributed by atoms with Crippen LogP contribution < -0.4 is 10.6 Å². The van der Waals surface area contributed by atoms with Crippen LogP contribution in [-0.2, 0) is 4.79 Å². The summed E-state index contributed by atoms with van der Waals surface area (Å²) >= 11 is 3.41. The number of amides is 1. The number of thioether (sulfide) groups is 1. The van der Waals surface area contributed by atoms with Crippen molar-refractivity contribution in [2.24, 2.45) is 0 Å². The molecule has 1 aliphatic rings. The maximum Gasteiger partial charge on any atom is 0.242 e. The first kappa shape index (κ1) is 14.5.